The van der Waals surface area contributed by atoms with Crippen LogP contribution in [-0.2, 0) is 16.0 Å². The summed E-state index contributed by atoms with van der Waals surface area (Å²) in [6, 6.07) is 5.18. The van der Waals surface area contributed by atoms with Gasteiger partial charge in [0.25, 0.3) is 5.91 Å². The molecule has 3 aliphatic heterocycles. The molecule has 33 heavy (non-hydrogen) atoms. The van der Waals surface area contributed by atoms with E-state index in [-0.39, 0.29) is 25.4 Å². The third kappa shape index (κ3) is 5.52. The number of hydroxylamine groups is 2. The third-order valence-corrected chi connectivity index (χ3v) is 6.15. The number of benzene rings is 1. The highest BCUT2D eigenvalue weighted by Crippen LogP contribution is 2.25. The van der Waals surface area contributed by atoms with Gasteiger partial charge in [0.05, 0.1) is 25.6 Å². The van der Waals surface area contributed by atoms with Crippen LogP contribution in [0.1, 0.15) is 22.3 Å². The lowest BCUT2D eigenvalue weighted by atomic mass is 9.97. The number of aliphatic carboxylic acids is 1. The van der Waals surface area contributed by atoms with E-state index in [1.54, 1.807) is 12.2 Å². The van der Waals surface area contributed by atoms with E-state index < -0.39 is 17.9 Å². The lowest BCUT2D eigenvalue weighted by Crippen LogP contribution is -2.48. The van der Waals surface area contributed by atoms with Gasteiger partial charge in [-0.1, -0.05) is 12.1 Å². The Morgan fingerprint density at radius 1 is 1.18 bits per heavy atom. The second-order valence-corrected chi connectivity index (χ2v) is 8.45. The van der Waals surface area contributed by atoms with Crippen molar-refractivity contribution < 1.29 is 24.7 Å². The molecule has 3 heterocycles. The summed E-state index contributed by atoms with van der Waals surface area (Å²) in [5, 5.41) is 25.9. The maximum absolute atomic E-state index is 13.2. The molecular formula is C23H29N5O5. The number of piperazine rings is 1. The maximum atomic E-state index is 13.2. The topological polar surface area (TPSA) is 125 Å². The summed E-state index contributed by atoms with van der Waals surface area (Å²) in [5.41, 5.74) is 3.17. The van der Waals surface area contributed by atoms with E-state index in [1.165, 1.54) is 11.1 Å². The zero-order valence-electron chi connectivity index (χ0n) is 18.4. The normalized spacial score (nSPS) is 19.1. The summed E-state index contributed by atoms with van der Waals surface area (Å²) in [5.74, 6) is -1.69. The van der Waals surface area contributed by atoms with Gasteiger partial charge in [0.15, 0.2) is 0 Å². The number of hydrogen-bond donors (Lipinski definition) is 4. The van der Waals surface area contributed by atoms with Gasteiger partial charge in [0, 0.05) is 50.2 Å². The van der Waals surface area contributed by atoms with Gasteiger partial charge in [-0.3, -0.25) is 24.7 Å². The summed E-state index contributed by atoms with van der Waals surface area (Å²) < 4.78 is 0. The van der Waals surface area contributed by atoms with E-state index in [2.05, 4.69) is 15.5 Å². The van der Waals surface area contributed by atoms with Gasteiger partial charge in [-0.05, 0) is 35.8 Å². The van der Waals surface area contributed by atoms with Gasteiger partial charge in [-0.15, -0.1) is 0 Å². The van der Waals surface area contributed by atoms with Crippen LogP contribution in [-0.4, -0.2) is 89.9 Å². The van der Waals surface area contributed by atoms with E-state index in [0.29, 0.717) is 24.1 Å². The number of carbonyl (C=O) groups is 3. The minimum atomic E-state index is -1.07. The summed E-state index contributed by atoms with van der Waals surface area (Å²) in [6.07, 6.45) is 5.05. The molecule has 0 bridgehead atoms. The smallest absolute Gasteiger partial charge is 0.305 e. The van der Waals surface area contributed by atoms with E-state index in [9.17, 15) is 24.7 Å². The number of allylic oxidation sites excluding steroid dienone is 2. The van der Waals surface area contributed by atoms with E-state index >= 15 is 0 Å². The number of carboxylic acids is 1. The van der Waals surface area contributed by atoms with Gasteiger partial charge < -0.3 is 25.5 Å². The number of nitrogens with one attached hydrogen (secondary N) is 2. The highest BCUT2D eigenvalue weighted by Gasteiger charge is 2.29. The molecule has 0 aromatic heterocycles. The largest absolute Gasteiger partial charge is 0.481 e. The second kappa shape index (κ2) is 10.1. The Morgan fingerprint density at radius 2 is 1.97 bits per heavy atom. The minimum absolute atomic E-state index is 0.0968. The molecule has 1 aromatic rings. The van der Waals surface area contributed by atoms with E-state index in [1.807, 2.05) is 18.2 Å². The van der Waals surface area contributed by atoms with Crippen LogP contribution in [0.4, 0.5) is 5.69 Å². The summed E-state index contributed by atoms with van der Waals surface area (Å²) in [4.78, 5) is 41.0. The van der Waals surface area contributed by atoms with Crippen LogP contribution in [0.5, 0.6) is 0 Å². The average molecular weight is 456 g/mol. The highest BCUT2D eigenvalue weighted by molar-refractivity contribution is 5.99. The summed E-state index contributed by atoms with van der Waals surface area (Å²) in [6.45, 7) is 3.91. The van der Waals surface area contributed by atoms with Crippen LogP contribution in [0.3, 0.4) is 0 Å². The lowest BCUT2D eigenvalue weighted by Gasteiger charge is -2.32. The predicted molar refractivity (Wildman–Crippen MR) is 121 cm³/mol. The molecule has 0 spiro atoms. The molecule has 10 heteroatoms. The number of rotatable bonds is 7. The average Bonchev–Trinajstić information content (AvgIpc) is 2.80. The molecule has 1 aromatic carbocycles. The summed E-state index contributed by atoms with van der Waals surface area (Å²) in [7, 11) is 0. The molecule has 0 unspecified atom stereocenters. The van der Waals surface area contributed by atoms with Crippen molar-refractivity contribution in [1.29, 1.82) is 0 Å². The molecule has 1 fully saturated rings. The Hall–Kier alpha value is -3.37. The van der Waals surface area contributed by atoms with Crippen molar-refractivity contribution in [2.75, 3.05) is 50.7 Å². The first-order valence-corrected chi connectivity index (χ1v) is 11.1. The van der Waals surface area contributed by atoms with Gasteiger partial charge in [0.1, 0.15) is 0 Å². The summed E-state index contributed by atoms with van der Waals surface area (Å²) >= 11 is 0. The molecule has 0 radical (unpaired) electrons. The van der Waals surface area contributed by atoms with Gasteiger partial charge >= 0.3 is 5.97 Å². The fourth-order valence-electron chi connectivity index (χ4n) is 4.43. The standard InChI is InChI=1S/C23H29N5O5/c29-21(25-20(13-22(30)31)17-2-1-8-28(33)14-17)15-27-9-5-16-3-4-18(12-19(16)23(27)32)26-10-6-24-7-11-26/h1-4,8,12,20,24,33H,5-7,9-11,13-15H2,(H,25,29)(H,30,31)/t20-/m0/s1. The van der Waals surface area contributed by atoms with Crippen LogP contribution in [0.25, 0.3) is 0 Å². The lowest BCUT2D eigenvalue weighted by molar-refractivity contribution is -0.137. The fourth-order valence-corrected chi connectivity index (χ4v) is 4.43. The number of carboxylic acid groups (broad SMARTS) is 1. The molecular weight excluding hydrogens is 426 g/mol. The molecule has 1 atom stereocenters. The third-order valence-electron chi connectivity index (χ3n) is 6.15. The first kappa shape index (κ1) is 22.8. The maximum Gasteiger partial charge on any atom is 0.305 e. The molecule has 0 saturated carbocycles. The molecule has 0 aliphatic carbocycles. The van der Waals surface area contributed by atoms with Gasteiger partial charge in [-0.25, -0.2) is 0 Å². The van der Waals surface area contributed by atoms with Gasteiger partial charge in [0.2, 0.25) is 5.91 Å². The first-order chi connectivity index (χ1) is 15.9. The predicted octanol–water partition coefficient (Wildman–Crippen LogP) is 0.199. The number of amides is 2. The first-order valence-electron chi connectivity index (χ1n) is 11.1. The molecule has 1 saturated heterocycles. The number of fused-ring (bicyclic) bond motifs is 1. The number of nitrogens with zero attached hydrogens (tertiary/aromatic N) is 3. The quantitative estimate of drug-likeness (QED) is 0.460. The van der Waals surface area contributed by atoms with Crippen LogP contribution in [0.15, 0.2) is 42.1 Å². The van der Waals surface area contributed by atoms with Crippen LogP contribution in [0.2, 0.25) is 0 Å². The van der Waals surface area contributed by atoms with E-state index in [4.69, 9.17) is 0 Å². The van der Waals surface area contributed by atoms with Crippen LogP contribution >= 0.6 is 0 Å². The highest BCUT2D eigenvalue weighted by atomic mass is 16.5. The zero-order chi connectivity index (χ0) is 23.4. The molecule has 2 amide bonds. The Kier molecular flexibility index (Phi) is 6.95. The monoisotopic (exact) mass is 455 g/mol. The van der Waals surface area contributed by atoms with E-state index in [0.717, 1.165) is 42.5 Å². The van der Waals surface area contributed by atoms with Crippen molar-refractivity contribution in [3.63, 3.8) is 0 Å². The molecule has 10 nitrogen and oxygen atoms in total. The van der Waals surface area contributed by atoms with Crippen molar-refractivity contribution >= 4 is 23.5 Å². The van der Waals surface area contributed by atoms with Crippen molar-refractivity contribution in [3.8, 4) is 0 Å². The molecule has 3 aliphatic rings. The zero-order valence-corrected chi connectivity index (χ0v) is 18.4. The minimum Gasteiger partial charge on any atom is -0.481 e. The van der Waals surface area contributed by atoms with Crippen molar-refractivity contribution in [2.45, 2.75) is 18.9 Å². The Balaban J connectivity index is 1.43. The van der Waals surface area contributed by atoms with Crippen molar-refractivity contribution in [2.24, 2.45) is 0 Å². The molecule has 4 N–H and O–H groups in total. The molecule has 176 valence electrons. The Bertz CT molecular complexity index is 985. The van der Waals surface area contributed by atoms with Crippen LogP contribution in [0, 0.1) is 0 Å². The second-order valence-electron chi connectivity index (χ2n) is 8.45. The van der Waals surface area contributed by atoms with Crippen LogP contribution < -0.4 is 15.5 Å². The molecule has 4 rings (SSSR count). The van der Waals surface area contributed by atoms with Gasteiger partial charge in [-0.2, -0.15) is 0 Å². The number of carbonyl (C=O) groups excluding carboxylic acids is 2. The SMILES string of the molecule is O=C(O)C[C@H](NC(=O)CN1CCc2ccc(N3CCNCC3)cc2C1=O)C1=CC=CN(O)C1. The Morgan fingerprint density at radius 3 is 2.70 bits per heavy atom. The fraction of sp³-hybridized carbons (Fsp3) is 0.435. The van der Waals surface area contributed by atoms with Crippen molar-refractivity contribution in [1.82, 2.24) is 20.6 Å². The van der Waals surface area contributed by atoms with Crippen molar-refractivity contribution in [3.05, 3.63) is 53.3 Å². The number of hydrogen-bond acceptors (Lipinski definition) is 7. The Labute approximate surface area is 192 Å². The number of anilines is 1.